The van der Waals surface area contributed by atoms with Crippen molar-refractivity contribution in [2.45, 2.75) is 32.8 Å². The van der Waals surface area contributed by atoms with Crippen LogP contribution in [0.3, 0.4) is 0 Å². The number of fused-ring (bicyclic) bond motifs is 3. The van der Waals surface area contributed by atoms with Crippen LogP contribution in [0.5, 0.6) is 11.8 Å². The van der Waals surface area contributed by atoms with Crippen LogP contribution in [0, 0.1) is 18.8 Å². The molecule has 0 bridgehead atoms. The highest BCUT2D eigenvalue weighted by molar-refractivity contribution is 5.79. The molecular formula is C26H26N2O4. The first-order valence-corrected chi connectivity index (χ1v) is 11.0. The molecule has 2 heterocycles. The third kappa shape index (κ3) is 3.70. The Bertz CT molecular complexity index is 1180. The Morgan fingerprint density at radius 3 is 2.81 bits per heavy atom. The Kier molecular flexibility index (Phi) is 5.29. The minimum Gasteiger partial charge on any atom is -0.481 e. The number of rotatable bonds is 7. The van der Waals surface area contributed by atoms with Crippen LogP contribution in [0.1, 0.15) is 35.1 Å². The van der Waals surface area contributed by atoms with Gasteiger partial charge in [-0.25, -0.2) is 9.97 Å². The number of nitrogens with zero attached hydrogens (tertiary/aromatic N) is 2. The fourth-order valence-electron chi connectivity index (χ4n) is 4.82. The van der Waals surface area contributed by atoms with Crippen molar-refractivity contribution < 1.29 is 19.0 Å². The average molecular weight is 431 g/mol. The van der Waals surface area contributed by atoms with Gasteiger partial charge in [0.2, 0.25) is 11.8 Å². The van der Waals surface area contributed by atoms with Gasteiger partial charge in [0.1, 0.15) is 6.61 Å². The number of ether oxygens (including phenoxy) is 3. The molecule has 0 radical (unpaired) electrons. The largest absolute Gasteiger partial charge is 0.481 e. The third-order valence-electron chi connectivity index (χ3n) is 6.49. The molecule has 0 N–H and O–H groups in total. The van der Waals surface area contributed by atoms with Crippen molar-refractivity contribution >= 4 is 5.97 Å². The summed E-state index contributed by atoms with van der Waals surface area (Å²) in [6.07, 6.45) is 4.52. The van der Waals surface area contributed by atoms with Gasteiger partial charge in [0.05, 0.1) is 19.6 Å². The van der Waals surface area contributed by atoms with Crippen molar-refractivity contribution in [1.82, 2.24) is 9.97 Å². The van der Waals surface area contributed by atoms with Gasteiger partial charge in [-0.15, -0.1) is 0 Å². The van der Waals surface area contributed by atoms with Crippen LogP contribution >= 0.6 is 0 Å². The topological polar surface area (TPSA) is 70.5 Å². The van der Waals surface area contributed by atoms with E-state index < -0.39 is 0 Å². The summed E-state index contributed by atoms with van der Waals surface area (Å²) in [5.74, 6) is 1.77. The van der Waals surface area contributed by atoms with Gasteiger partial charge in [0.15, 0.2) is 0 Å². The monoisotopic (exact) mass is 430 g/mol. The summed E-state index contributed by atoms with van der Waals surface area (Å²) in [6.45, 7) is 4.80. The van der Waals surface area contributed by atoms with Crippen molar-refractivity contribution in [2.24, 2.45) is 11.8 Å². The Balaban J connectivity index is 1.28. The van der Waals surface area contributed by atoms with Crippen LogP contribution in [-0.4, -0.2) is 29.7 Å². The van der Waals surface area contributed by atoms with Crippen LogP contribution in [0.25, 0.3) is 11.1 Å². The zero-order valence-electron chi connectivity index (χ0n) is 18.5. The summed E-state index contributed by atoms with van der Waals surface area (Å²) in [5.41, 5.74) is 6.83. The molecule has 1 aromatic carbocycles. The molecule has 0 amide bonds. The highest BCUT2D eigenvalue weighted by Crippen LogP contribution is 2.61. The molecule has 6 heteroatoms. The van der Waals surface area contributed by atoms with E-state index in [0.29, 0.717) is 30.9 Å². The van der Waals surface area contributed by atoms with E-state index in [0.717, 1.165) is 23.1 Å². The van der Waals surface area contributed by atoms with Gasteiger partial charge in [-0.05, 0) is 71.7 Å². The lowest BCUT2D eigenvalue weighted by Gasteiger charge is -2.12. The SMILES string of the molecule is CCOC(=O)[C@H]1[C@@H]2Cc3cc(OCc4ccc(C)c(-c5ccnc(OC)c5)c4)ncc3[C@@H]21. The molecule has 0 unspecified atom stereocenters. The lowest BCUT2D eigenvalue weighted by molar-refractivity contribution is -0.145. The first-order valence-electron chi connectivity index (χ1n) is 11.0. The second-order valence-electron chi connectivity index (χ2n) is 8.42. The summed E-state index contributed by atoms with van der Waals surface area (Å²) in [4.78, 5) is 20.8. The Hall–Kier alpha value is -3.41. The van der Waals surface area contributed by atoms with Gasteiger partial charge >= 0.3 is 5.97 Å². The van der Waals surface area contributed by atoms with Crippen LogP contribution in [0.4, 0.5) is 0 Å². The van der Waals surface area contributed by atoms with Gasteiger partial charge in [-0.3, -0.25) is 4.79 Å². The molecule has 32 heavy (non-hydrogen) atoms. The minimum absolute atomic E-state index is 0.00816. The van der Waals surface area contributed by atoms with Crippen molar-refractivity contribution in [3.8, 4) is 22.9 Å². The number of aromatic nitrogens is 2. The summed E-state index contributed by atoms with van der Waals surface area (Å²) < 4.78 is 16.5. The maximum atomic E-state index is 12.1. The molecule has 1 saturated carbocycles. The zero-order valence-corrected chi connectivity index (χ0v) is 18.5. The van der Waals surface area contributed by atoms with Gasteiger partial charge < -0.3 is 14.2 Å². The number of esters is 1. The van der Waals surface area contributed by atoms with E-state index in [2.05, 4.69) is 35.1 Å². The Morgan fingerprint density at radius 1 is 1.12 bits per heavy atom. The van der Waals surface area contributed by atoms with E-state index in [4.69, 9.17) is 14.2 Å². The Labute approximate surface area is 187 Å². The number of methoxy groups -OCH3 is 1. The molecule has 6 nitrogen and oxygen atoms in total. The first kappa shape index (κ1) is 20.5. The smallest absolute Gasteiger partial charge is 0.309 e. The maximum Gasteiger partial charge on any atom is 0.309 e. The van der Waals surface area contributed by atoms with Crippen LogP contribution < -0.4 is 9.47 Å². The molecule has 2 aromatic heterocycles. The number of hydrogen-bond acceptors (Lipinski definition) is 6. The molecule has 0 spiro atoms. The standard InChI is InChI=1S/C26H26N2O4/c1-4-31-26(29)25-20-10-18-12-23(28-13-21(18)24(20)25)32-14-16-6-5-15(2)19(9-16)17-7-8-27-22(11-17)30-3/h5-9,11-13,20,24-25H,4,10,14H2,1-3H3/t20-,24-,25+/m1/s1. The predicted octanol–water partition coefficient (Wildman–Crippen LogP) is 4.49. The lowest BCUT2D eigenvalue weighted by atomic mass is 9.99. The summed E-state index contributed by atoms with van der Waals surface area (Å²) >= 11 is 0. The molecule has 1 fully saturated rings. The van der Waals surface area contributed by atoms with Crippen molar-refractivity contribution in [3.63, 3.8) is 0 Å². The number of pyridine rings is 2. The van der Waals surface area contributed by atoms with Crippen molar-refractivity contribution in [3.05, 3.63) is 71.0 Å². The summed E-state index contributed by atoms with van der Waals surface area (Å²) in [7, 11) is 1.62. The van der Waals surface area contributed by atoms with Gasteiger partial charge in [0, 0.05) is 30.4 Å². The quantitative estimate of drug-likeness (QED) is 0.515. The molecule has 3 atom stereocenters. The highest BCUT2D eigenvalue weighted by Gasteiger charge is 2.60. The number of carbonyl (C=O) groups is 1. The fourth-order valence-corrected chi connectivity index (χ4v) is 4.82. The minimum atomic E-state index is -0.0736. The van der Waals surface area contributed by atoms with Crippen molar-refractivity contribution in [2.75, 3.05) is 13.7 Å². The molecule has 5 rings (SSSR count). The lowest BCUT2D eigenvalue weighted by Crippen LogP contribution is -2.11. The number of carbonyl (C=O) groups excluding carboxylic acids is 1. The normalized spacial score (nSPS) is 20.3. The van der Waals surface area contributed by atoms with E-state index in [1.165, 1.54) is 16.7 Å². The molecule has 2 aliphatic carbocycles. The molecule has 3 aromatic rings. The highest BCUT2D eigenvalue weighted by atomic mass is 16.5. The number of aryl methyl sites for hydroxylation is 1. The van der Waals surface area contributed by atoms with Gasteiger partial charge in [-0.2, -0.15) is 0 Å². The van der Waals surface area contributed by atoms with E-state index in [1.54, 1.807) is 13.3 Å². The Morgan fingerprint density at radius 2 is 2.00 bits per heavy atom. The number of benzene rings is 1. The van der Waals surface area contributed by atoms with E-state index in [-0.39, 0.29) is 17.8 Å². The van der Waals surface area contributed by atoms with Crippen molar-refractivity contribution in [1.29, 1.82) is 0 Å². The van der Waals surface area contributed by atoms with E-state index in [9.17, 15) is 4.79 Å². The zero-order chi connectivity index (χ0) is 22.2. The summed E-state index contributed by atoms with van der Waals surface area (Å²) in [6, 6.07) is 12.2. The maximum absolute atomic E-state index is 12.1. The molecule has 2 aliphatic rings. The van der Waals surface area contributed by atoms with Gasteiger partial charge in [-0.1, -0.05) is 12.1 Å². The molecular weight excluding hydrogens is 404 g/mol. The predicted molar refractivity (Wildman–Crippen MR) is 120 cm³/mol. The summed E-state index contributed by atoms with van der Waals surface area (Å²) in [5, 5.41) is 0. The fraction of sp³-hybridized carbons (Fsp3) is 0.346. The van der Waals surface area contributed by atoms with E-state index >= 15 is 0 Å². The molecule has 0 aliphatic heterocycles. The molecule has 164 valence electrons. The van der Waals surface area contributed by atoms with Crippen LogP contribution in [0.15, 0.2) is 48.8 Å². The van der Waals surface area contributed by atoms with Crippen LogP contribution in [0.2, 0.25) is 0 Å². The molecule has 0 saturated heterocycles. The second-order valence-corrected chi connectivity index (χ2v) is 8.42. The third-order valence-corrected chi connectivity index (χ3v) is 6.49. The average Bonchev–Trinajstić information content (AvgIpc) is 3.40. The van der Waals surface area contributed by atoms with Gasteiger partial charge in [0.25, 0.3) is 0 Å². The first-order chi connectivity index (χ1) is 15.6. The van der Waals surface area contributed by atoms with Crippen LogP contribution in [-0.2, 0) is 22.6 Å². The van der Waals surface area contributed by atoms with E-state index in [1.807, 2.05) is 31.3 Å². The second kappa shape index (κ2) is 8.26. The number of hydrogen-bond donors (Lipinski definition) is 0.